The van der Waals surface area contributed by atoms with E-state index in [1.54, 1.807) is 21.3 Å². The van der Waals surface area contributed by atoms with Crippen LogP contribution in [0.4, 0.5) is 0 Å². The molecule has 12 heavy (non-hydrogen) atoms. The standard InChI is InChI=1S/C7H19NO3Si/c1-6-7(8-2)12(9-3,10-4)11-5/h7-8H,6H2,1-5H3. The SMILES string of the molecule is CCC(NC)[Si](OC)(OC)OC. The van der Waals surface area contributed by atoms with Crippen LogP contribution < -0.4 is 5.32 Å². The van der Waals surface area contributed by atoms with Gasteiger partial charge in [0.2, 0.25) is 0 Å². The van der Waals surface area contributed by atoms with Crippen molar-refractivity contribution >= 4 is 8.80 Å². The van der Waals surface area contributed by atoms with E-state index in [1.165, 1.54) is 0 Å². The van der Waals surface area contributed by atoms with Crippen molar-refractivity contribution in [3.63, 3.8) is 0 Å². The second kappa shape index (κ2) is 5.66. The van der Waals surface area contributed by atoms with Gasteiger partial charge in [-0.15, -0.1) is 0 Å². The maximum atomic E-state index is 5.31. The Bertz CT molecular complexity index is 107. The fourth-order valence-corrected chi connectivity index (χ4v) is 3.51. The molecule has 4 nitrogen and oxygen atoms in total. The fourth-order valence-electron chi connectivity index (χ4n) is 1.31. The zero-order chi connectivity index (χ0) is 9.61. The maximum Gasteiger partial charge on any atom is 0.517 e. The fraction of sp³-hybridized carbons (Fsp3) is 1.00. The van der Waals surface area contributed by atoms with Crippen LogP contribution in [-0.4, -0.2) is 42.8 Å². The first-order valence-electron chi connectivity index (χ1n) is 4.03. The van der Waals surface area contributed by atoms with Crippen molar-refractivity contribution in [2.75, 3.05) is 28.4 Å². The van der Waals surface area contributed by atoms with Crippen molar-refractivity contribution in [3.8, 4) is 0 Å². The van der Waals surface area contributed by atoms with Gasteiger partial charge in [0, 0.05) is 21.3 Å². The Hall–Kier alpha value is 0.0569. The van der Waals surface area contributed by atoms with Crippen LogP contribution in [0.5, 0.6) is 0 Å². The third-order valence-electron chi connectivity index (χ3n) is 2.04. The molecular weight excluding hydrogens is 174 g/mol. The Labute approximate surface area is 75.6 Å². The molecule has 0 aromatic carbocycles. The highest BCUT2D eigenvalue weighted by Gasteiger charge is 2.45. The molecule has 1 atom stereocenters. The first-order chi connectivity index (χ1) is 5.70. The lowest BCUT2D eigenvalue weighted by Gasteiger charge is -2.31. The van der Waals surface area contributed by atoms with Gasteiger partial charge in [-0.05, 0) is 13.5 Å². The van der Waals surface area contributed by atoms with E-state index in [2.05, 4.69) is 12.2 Å². The number of hydrogen-bond acceptors (Lipinski definition) is 4. The van der Waals surface area contributed by atoms with Gasteiger partial charge in [-0.2, -0.15) is 0 Å². The molecule has 0 aliphatic rings. The summed E-state index contributed by atoms with van der Waals surface area (Å²) in [5, 5.41) is 3.13. The third kappa shape index (κ3) is 2.27. The quantitative estimate of drug-likeness (QED) is 0.620. The van der Waals surface area contributed by atoms with E-state index in [4.69, 9.17) is 13.3 Å². The normalized spacial score (nSPS) is 14.8. The molecule has 0 saturated carbocycles. The van der Waals surface area contributed by atoms with Gasteiger partial charge in [-0.3, -0.25) is 0 Å². The zero-order valence-corrected chi connectivity index (χ0v) is 9.51. The molecule has 0 spiro atoms. The van der Waals surface area contributed by atoms with Crippen LogP contribution >= 0.6 is 0 Å². The van der Waals surface area contributed by atoms with E-state index in [0.29, 0.717) is 0 Å². The molecule has 1 unspecified atom stereocenters. The highest BCUT2D eigenvalue weighted by Crippen LogP contribution is 2.13. The van der Waals surface area contributed by atoms with E-state index in [0.717, 1.165) is 6.42 Å². The third-order valence-corrected chi connectivity index (χ3v) is 5.29. The van der Waals surface area contributed by atoms with Gasteiger partial charge in [0.25, 0.3) is 0 Å². The van der Waals surface area contributed by atoms with Gasteiger partial charge < -0.3 is 18.6 Å². The topological polar surface area (TPSA) is 39.7 Å². The van der Waals surface area contributed by atoms with E-state index in [-0.39, 0.29) is 5.67 Å². The number of hydrogen-bond donors (Lipinski definition) is 1. The number of rotatable bonds is 6. The lowest BCUT2D eigenvalue weighted by molar-refractivity contribution is 0.107. The summed E-state index contributed by atoms with van der Waals surface area (Å²) in [7, 11) is 4.30. The summed E-state index contributed by atoms with van der Waals surface area (Å²) in [5.74, 6) is 0. The largest absolute Gasteiger partial charge is 0.517 e. The smallest absolute Gasteiger partial charge is 0.376 e. The summed E-state index contributed by atoms with van der Waals surface area (Å²) >= 11 is 0. The van der Waals surface area contributed by atoms with Gasteiger partial charge in [-0.25, -0.2) is 0 Å². The molecule has 0 bridgehead atoms. The molecule has 0 saturated heterocycles. The highest BCUT2D eigenvalue weighted by molar-refractivity contribution is 6.62. The van der Waals surface area contributed by atoms with Crippen molar-refractivity contribution in [1.29, 1.82) is 0 Å². The Morgan fingerprint density at radius 2 is 1.58 bits per heavy atom. The molecule has 0 aliphatic heterocycles. The predicted molar refractivity (Wildman–Crippen MR) is 49.9 cm³/mol. The summed E-state index contributed by atoms with van der Waals surface area (Å²) in [4.78, 5) is 0. The summed E-state index contributed by atoms with van der Waals surface area (Å²) in [6, 6.07) is 0. The average molecular weight is 193 g/mol. The lowest BCUT2D eigenvalue weighted by atomic mass is 10.5. The first-order valence-corrected chi connectivity index (χ1v) is 5.83. The van der Waals surface area contributed by atoms with E-state index >= 15 is 0 Å². The Morgan fingerprint density at radius 1 is 1.17 bits per heavy atom. The molecule has 0 heterocycles. The van der Waals surface area contributed by atoms with Crippen LogP contribution in [0.2, 0.25) is 0 Å². The lowest BCUT2D eigenvalue weighted by Crippen LogP contribution is -2.59. The molecule has 0 radical (unpaired) electrons. The van der Waals surface area contributed by atoms with Crippen LogP contribution in [0.1, 0.15) is 13.3 Å². The van der Waals surface area contributed by atoms with Crippen LogP contribution in [-0.2, 0) is 13.3 Å². The van der Waals surface area contributed by atoms with Gasteiger partial charge >= 0.3 is 8.80 Å². The van der Waals surface area contributed by atoms with Crippen LogP contribution in [0, 0.1) is 0 Å². The minimum atomic E-state index is -2.46. The molecule has 0 aliphatic carbocycles. The van der Waals surface area contributed by atoms with Gasteiger partial charge in [0.15, 0.2) is 0 Å². The van der Waals surface area contributed by atoms with E-state index in [1.807, 2.05) is 7.05 Å². The van der Waals surface area contributed by atoms with Crippen molar-refractivity contribution < 1.29 is 13.3 Å². The molecule has 0 amide bonds. The van der Waals surface area contributed by atoms with Crippen molar-refractivity contribution in [2.45, 2.75) is 19.0 Å². The molecular formula is C7H19NO3Si. The van der Waals surface area contributed by atoms with Crippen LogP contribution in [0.15, 0.2) is 0 Å². The van der Waals surface area contributed by atoms with Crippen molar-refractivity contribution in [3.05, 3.63) is 0 Å². The molecule has 0 aromatic rings. The Balaban J connectivity index is 4.42. The van der Waals surface area contributed by atoms with Crippen molar-refractivity contribution in [2.24, 2.45) is 0 Å². The minimum absolute atomic E-state index is 0.164. The second-order valence-corrected chi connectivity index (χ2v) is 5.59. The molecule has 0 rings (SSSR count). The van der Waals surface area contributed by atoms with Crippen molar-refractivity contribution in [1.82, 2.24) is 5.32 Å². The zero-order valence-electron chi connectivity index (χ0n) is 8.51. The predicted octanol–water partition coefficient (Wildman–Crippen LogP) is 0.402. The summed E-state index contributed by atoms with van der Waals surface area (Å²) in [6.45, 7) is 2.07. The summed E-state index contributed by atoms with van der Waals surface area (Å²) < 4.78 is 15.9. The molecule has 5 heteroatoms. The van der Waals surface area contributed by atoms with Gasteiger partial charge in [0.1, 0.15) is 0 Å². The van der Waals surface area contributed by atoms with E-state index in [9.17, 15) is 0 Å². The summed E-state index contributed by atoms with van der Waals surface area (Å²) in [5.41, 5.74) is 0.164. The molecule has 0 aromatic heterocycles. The number of nitrogens with one attached hydrogen (secondary N) is 1. The van der Waals surface area contributed by atoms with Crippen LogP contribution in [0.25, 0.3) is 0 Å². The Kier molecular flexibility index (Phi) is 5.69. The average Bonchev–Trinajstić information content (AvgIpc) is 2.14. The van der Waals surface area contributed by atoms with Crippen LogP contribution in [0.3, 0.4) is 0 Å². The highest BCUT2D eigenvalue weighted by atomic mass is 28.4. The molecule has 1 N–H and O–H groups in total. The second-order valence-electron chi connectivity index (χ2n) is 2.47. The van der Waals surface area contributed by atoms with Gasteiger partial charge in [0.05, 0.1) is 5.67 Å². The van der Waals surface area contributed by atoms with E-state index < -0.39 is 8.80 Å². The minimum Gasteiger partial charge on any atom is -0.376 e. The molecule has 74 valence electrons. The monoisotopic (exact) mass is 193 g/mol. The molecule has 0 fully saturated rings. The maximum absolute atomic E-state index is 5.31. The summed E-state index contributed by atoms with van der Waals surface area (Å²) in [6.07, 6.45) is 0.929. The van der Waals surface area contributed by atoms with Gasteiger partial charge in [-0.1, -0.05) is 6.92 Å². The first kappa shape index (κ1) is 12.1. The Morgan fingerprint density at radius 3 is 1.67 bits per heavy atom.